The second-order valence-electron chi connectivity index (χ2n) is 7.29. The van der Waals surface area contributed by atoms with Crippen molar-refractivity contribution in [1.29, 1.82) is 0 Å². The Morgan fingerprint density at radius 3 is 2.70 bits per heavy atom. The first kappa shape index (κ1) is 19.6. The van der Waals surface area contributed by atoms with Crippen LogP contribution in [0, 0.1) is 5.92 Å². The number of imide groups is 1. The van der Waals surface area contributed by atoms with Crippen molar-refractivity contribution < 1.29 is 14.4 Å². The number of anilines is 1. The summed E-state index contributed by atoms with van der Waals surface area (Å²) in [4.78, 5) is 40.3. The van der Waals surface area contributed by atoms with Gasteiger partial charge in [-0.05, 0) is 56.4 Å². The van der Waals surface area contributed by atoms with Gasteiger partial charge in [0.2, 0.25) is 5.91 Å². The standard InChI is InChI=1S/C19H25ClN4O3/c1-12(21)13-3-2-10-23(11-13)17(25)9-8-16-18(26)24(19(27)22-16)15-6-4-14(20)5-7-15/h4-7,12-13,16H,2-3,8-11,21H2,1H3,(H,22,27)/t12-,13+,16+/m0/s1. The number of benzene rings is 1. The number of piperidine rings is 1. The highest BCUT2D eigenvalue weighted by atomic mass is 35.5. The van der Waals surface area contributed by atoms with Crippen LogP contribution in [0.3, 0.4) is 0 Å². The van der Waals surface area contributed by atoms with E-state index < -0.39 is 12.1 Å². The largest absolute Gasteiger partial charge is 0.342 e. The summed E-state index contributed by atoms with van der Waals surface area (Å²) in [5.74, 6) is -0.0227. The van der Waals surface area contributed by atoms with Crippen LogP contribution in [0.2, 0.25) is 5.02 Å². The molecule has 2 saturated heterocycles. The van der Waals surface area contributed by atoms with Crippen LogP contribution >= 0.6 is 11.6 Å². The van der Waals surface area contributed by atoms with Crippen molar-refractivity contribution in [2.75, 3.05) is 18.0 Å². The minimum Gasteiger partial charge on any atom is -0.342 e. The molecular formula is C19H25ClN4O3. The molecule has 1 aromatic carbocycles. The molecule has 2 aliphatic heterocycles. The summed E-state index contributed by atoms with van der Waals surface area (Å²) in [5.41, 5.74) is 6.44. The number of carbonyl (C=O) groups is 3. The van der Waals surface area contributed by atoms with Crippen molar-refractivity contribution in [3.05, 3.63) is 29.3 Å². The summed E-state index contributed by atoms with van der Waals surface area (Å²) in [6.07, 6.45) is 2.49. The fourth-order valence-corrected chi connectivity index (χ4v) is 3.78. The molecule has 7 nitrogen and oxygen atoms in total. The van der Waals surface area contributed by atoms with Gasteiger partial charge in [0.25, 0.3) is 5.91 Å². The zero-order valence-corrected chi connectivity index (χ0v) is 16.1. The van der Waals surface area contributed by atoms with Crippen LogP contribution in [-0.2, 0) is 9.59 Å². The minimum atomic E-state index is -0.689. The van der Waals surface area contributed by atoms with E-state index in [4.69, 9.17) is 17.3 Å². The lowest BCUT2D eigenvalue weighted by atomic mass is 9.92. The Kier molecular flexibility index (Phi) is 6.01. The van der Waals surface area contributed by atoms with Gasteiger partial charge in [0.15, 0.2) is 0 Å². The molecule has 2 aliphatic rings. The van der Waals surface area contributed by atoms with E-state index >= 15 is 0 Å². The number of rotatable bonds is 5. The molecule has 0 bridgehead atoms. The molecule has 0 aliphatic carbocycles. The number of hydrogen-bond acceptors (Lipinski definition) is 4. The van der Waals surface area contributed by atoms with Crippen molar-refractivity contribution in [2.24, 2.45) is 11.7 Å². The molecule has 0 unspecified atom stereocenters. The Labute approximate surface area is 163 Å². The van der Waals surface area contributed by atoms with E-state index in [2.05, 4.69) is 5.32 Å². The molecule has 27 heavy (non-hydrogen) atoms. The molecule has 3 atom stereocenters. The second kappa shape index (κ2) is 8.27. The van der Waals surface area contributed by atoms with Gasteiger partial charge in [0, 0.05) is 30.6 Å². The lowest BCUT2D eigenvalue weighted by Gasteiger charge is -2.34. The lowest BCUT2D eigenvalue weighted by molar-refractivity contribution is -0.133. The molecular weight excluding hydrogens is 368 g/mol. The molecule has 2 heterocycles. The van der Waals surface area contributed by atoms with Crippen LogP contribution in [0.5, 0.6) is 0 Å². The normalized spacial score (nSPS) is 24.1. The van der Waals surface area contributed by atoms with Crippen LogP contribution in [0.4, 0.5) is 10.5 Å². The minimum absolute atomic E-state index is 0.00680. The van der Waals surface area contributed by atoms with E-state index in [0.717, 1.165) is 24.3 Å². The van der Waals surface area contributed by atoms with Gasteiger partial charge in [-0.15, -0.1) is 0 Å². The number of halogens is 1. The summed E-state index contributed by atoms with van der Waals surface area (Å²) in [6, 6.07) is 5.38. The van der Waals surface area contributed by atoms with Crippen molar-refractivity contribution in [3.63, 3.8) is 0 Å². The third kappa shape index (κ3) is 4.42. The third-order valence-electron chi connectivity index (χ3n) is 5.31. The van der Waals surface area contributed by atoms with Gasteiger partial charge in [-0.2, -0.15) is 0 Å². The number of carbonyl (C=O) groups excluding carboxylic acids is 3. The molecule has 3 rings (SSSR count). The maximum absolute atomic E-state index is 12.6. The third-order valence-corrected chi connectivity index (χ3v) is 5.56. The molecule has 0 radical (unpaired) electrons. The SMILES string of the molecule is C[C@H](N)[C@@H]1CCCN(C(=O)CC[C@H]2NC(=O)N(c3ccc(Cl)cc3)C2=O)C1. The number of nitrogens with one attached hydrogen (secondary N) is 1. The predicted octanol–water partition coefficient (Wildman–Crippen LogP) is 2.13. The lowest BCUT2D eigenvalue weighted by Crippen LogP contribution is -2.45. The Morgan fingerprint density at radius 1 is 1.33 bits per heavy atom. The summed E-state index contributed by atoms with van der Waals surface area (Å²) in [7, 11) is 0. The molecule has 146 valence electrons. The Morgan fingerprint density at radius 2 is 2.04 bits per heavy atom. The van der Waals surface area contributed by atoms with Gasteiger partial charge in [-0.1, -0.05) is 11.6 Å². The average molecular weight is 393 g/mol. The Bertz CT molecular complexity index is 722. The van der Waals surface area contributed by atoms with E-state index in [-0.39, 0.29) is 30.7 Å². The number of nitrogens with zero attached hydrogens (tertiary/aromatic N) is 2. The molecule has 0 saturated carbocycles. The summed E-state index contributed by atoms with van der Waals surface area (Å²) < 4.78 is 0. The summed E-state index contributed by atoms with van der Waals surface area (Å²) in [6.45, 7) is 3.36. The first-order chi connectivity index (χ1) is 12.9. The molecule has 0 spiro atoms. The predicted molar refractivity (Wildman–Crippen MR) is 103 cm³/mol. The molecule has 2 fully saturated rings. The number of likely N-dealkylation sites (tertiary alicyclic amines) is 1. The zero-order chi connectivity index (χ0) is 19.6. The first-order valence-electron chi connectivity index (χ1n) is 9.30. The highest BCUT2D eigenvalue weighted by Gasteiger charge is 2.39. The first-order valence-corrected chi connectivity index (χ1v) is 9.68. The number of amides is 4. The monoisotopic (exact) mass is 392 g/mol. The second-order valence-corrected chi connectivity index (χ2v) is 7.73. The summed E-state index contributed by atoms with van der Waals surface area (Å²) in [5, 5.41) is 3.19. The molecule has 8 heteroatoms. The van der Waals surface area contributed by atoms with Crippen molar-refractivity contribution >= 4 is 35.1 Å². The van der Waals surface area contributed by atoms with Crippen molar-refractivity contribution in [3.8, 4) is 0 Å². The average Bonchev–Trinajstić information content (AvgIpc) is 2.94. The molecule has 1 aromatic rings. The molecule has 3 N–H and O–H groups in total. The van der Waals surface area contributed by atoms with E-state index in [1.807, 2.05) is 11.8 Å². The van der Waals surface area contributed by atoms with Crippen molar-refractivity contribution in [1.82, 2.24) is 10.2 Å². The van der Waals surface area contributed by atoms with Gasteiger partial charge < -0.3 is 16.0 Å². The highest BCUT2D eigenvalue weighted by molar-refractivity contribution is 6.30. The molecule has 0 aromatic heterocycles. The van der Waals surface area contributed by atoms with Gasteiger partial charge in [-0.3, -0.25) is 9.59 Å². The fraction of sp³-hybridized carbons (Fsp3) is 0.526. The Balaban J connectivity index is 1.57. The van der Waals surface area contributed by atoms with E-state index in [0.29, 0.717) is 23.2 Å². The molecule has 4 amide bonds. The van der Waals surface area contributed by atoms with Crippen LogP contribution < -0.4 is 16.0 Å². The number of urea groups is 1. The van der Waals surface area contributed by atoms with Gasteiger partial charge in [0.05, 0.1) is 5.69 Å². The van der Waals surface area contributed by atoms with E-state index in [9.17, 15) is 14.4 Å². The maximum atomic E-state index is 12.6. The van der Waals surface area contributed by atoms with Gasteiger partial charge in [-0.25, -0.2) is 9.69 Å². The van der Waals surface area contributed by atoms with Crippen molar-refractivity contribution in [2.45, 2.75) is 44.7 Å². The van der Waals surface area contributed by atoms with Gasteiger partial charge in [0.1, 0.15) is 6.04 Å². The van der Waals surface area contributed by atoms with E-state index in [1.165, 1.54) is 0 Å². The van der Waals surface area contributed by atoms with Crippen LogP contribution in [0.1, 0.15) is 32.6 Å². The summed E-state index contributed by atoms with van der Waals surface area (Å²) >= 11 is 5.85. The maximum Gasteiger partial charge on any atom is 0.329 e. The van der Waals surface area contributed by atoms with Crippen LogP contribution in [-0.4, -0.2) is 47.9 Å². The highest BCUT2D eigenvalue weighted by Crippen LogP contribution is 2.24. The zero-order valence-electron chi connectivity index (χ0n) is 15.4. The Hall–Kier alpha value is -2.12. The van der Waals surface area contributed by atoms with Crippen LogP contribution in [0.25, 0.3) is 0 Å². The fourth-order valence-electron chi connectivity index (χ4n) is 3.65. The topological polar surface area (TPSA) is 95.7 Å². The van der Waals surface area contributed by atoms with E-state index in [1.54, 1.807) is 24.3 Å². The van der Waals surface area contributed by atoms with Crippen LogP contribution in [0.15, 0.2) is 24.3 Å². The quantitative estimate of drug-likeness (QED) is 0.750. The number of nitrogens with two attached hydrogens (primary N) is 1. The smallest absolute Gasteiger partial charge is 0.329 e. The number of hydrogen-bond donors (Lipinski definition) is 2. The van der Waals surface area contributed by atoms with Gasteiger partial charge >= 0.3 is 6.03 Å².